The molecule has 0 fully saturated rings. The molecule has 0 aliphatic rings. The van der Waals surface area contributed by atoms with E-state index in [0.717, 1.165) is 15.8 Å². The molecule has 0 saturated carbocycles. The summed E-state index contributed by atoms with van der Waals surface area (Å²) in [5.74, 6) is -0.271. The summed E-state index contributed by atoms with van der Waals surface area (Å²) >= 11 is 4.38. The van der Waals surface area contributed by atoms with E-state index in [1.807, 2.05) is 0 Å². The quantitative estimate of drug-likeness (QED) is 0.826. The summed E-state index contributed by atoms with van der Waals surface area (Å²) in [6, 6.07) is 8.16. The molecule has 0 bridgehead atoms. The number of nitrogens with one attached hydrogen (secondary N) is 2. The first-order valence-corrected chi connectivity index (χ1v) is 9.23. The minimum atomic E-state index is -3.69. The number of anilines is 1. The number of amides is 1. The van der Waals surface area contributed by atoms with Crippen molar-refractivity contribution in [1.82, 2.24) is 5.32 Å². The molecule has 5 nitrogen and oxygen atoms in total. The highest BCUT2D eigenvalue weighted by atomic mass is 79.9. The molecule has 112 valence electrons. The Morgan fingerprint density at radius 3 is 2.57 bits per heavy atom. The van der Waals surface area contributed by atoms with Crippen molar-refractivity contribution in [2.75, 3.05) is 11.3 Å². The van der Waals surface area contributed by atoms with Crippen LogP contribution in [0.5, 0.6) is 0 Å². The summed E-state index contributed by atoms with van der Waals surface area (Å²) in [6.07, 6.45) is 0. The summed E-state index contributed by atoms with van der Waals surface area (Å²) in [7, 11) is -3.69. The zero-order valence-corrected chi connectivity index (χ0v) is 14.3. The second-order valence-electron chi connectivity index (χ2n) is 4.12. The first-order chi connectivity index (χ1) is 9.92. The zero-order valence-electron chi connectivity index (χ0n) is 11.1. The van der Waals surface area contributed by atoms with Crippen LogP contribution in [0.25, 0.3) is 0 Å². The van der Waals surface area contributed by atoms with Crippen LogP contribution in [0, 0.1) is 0 Å². The van der Waals surface area contributed by atoms with Crippen molar-refractivity contribution in [3.8, 4) is 0 Å². The lowest BCUT2D eigenvalue weighted by molar-refractivity contribution is 0.0959. The van der Waals surface area contributed by atoms with Crippen LogP contribution in [0.3, 0.4) is 0 Å². The SMILES string of the molecule is CCNC(=O)c1cc(S(=O)(=O)Nc2ccc(Br)cc2)cs1. The molecule has 0 saturated heterocycles. The zero-order chi connectivity index (χ0) is 15.5. The minimum absolute atomic E-state index is 0.0803. The Morgan fingerprint density at radius 1 is 1.29 bits per heavy atom. The van der Waals surface area contributed by atoms with Gasteiger partial charge in [-0.05, 0) is 37.3 Å². The Bertz CT molecular complexity index is 739. The van der Waals surface area contributed by atoms with Crippen LogP contribution in [-0.4, -0.2) is 20.9 Å². The van der Waals surface area contributed by atoms with Crippen molar-refractivity contribution in [3.05, 3.63) is 45.1 Å². The van der Waals surface area contributed by atoms with E-state index in [4.69, 9.17) is 0 Å². The highest BCUT2D eigenvalue weighted by Gasteiger charge is 2.18. The number of hydrogen-bond acceptors (Lipinski definition) is 4. The number of benzene rings is 1. The number of carbonyl (C=O) groups excluding carboxylic acids is 1. The van der Waals surface area contributed by atoms with Crippen LogP contribution in [0.15, 0.2) is 45.1 Å². The third-order valence-corrected chi connectivity index (χ3v) is 5.51. The lowest BCUT2D eigenvalue weighted by Gasteiger charge is -2.06. The van der Waals surface area contributed by atoms with E-state index < -0.39 is 10.0 Å². The maximum atomic E-state index is 12.2. The maximum absolute atomic E-state index is 12.2. The molecule has 2 N–H and O–H groups in total. The van der Waals surface area contributed by atoms with Gasteiger partial charge in [-0.15, -0.1) is 11.3 Å². The summed E-state index contributed by atoms with van der Waals surface area (Å²) in [5.41, 5.74) is 0.462. The number of hydrogen-bond donors (Lipinski definition) is 2. The maximum Gasteiger partial charge on any atom is 0.262 e. The van der Waals surface area contributed by atoms with Crippen molar-refractivity contribution in [3.63, 3.8) is 0 Å². The molecule has 1 aromatic heterocycles. The Morgan fingerprint density at radius 2 is 1.95 bits per heavy atom. The van der Waals surface area contributed by atoms with Crippen LogP contribution in [0.1, 0.15) is 16.6 Å². The van der Waals surface area contributed by atoms with Crippen LogP contribution < -0.4 is 10.0 Å². The Balaban J connectivity index is 2.20. The van der Waals surface area contributed by atoms with E-state index >= 15 is 0 Å². The monoisotopic (exact) mass is 388 g/mol. The molecule has 0 aliphatic heterocycles. The van der Waals surface area contributed by atoms with Gasteiger partial charge in [0.2, 0.25) is 0 Å². The van der Waals surface area contributed by atoms with Crippen LogP contribution >= 0.6 is 27.3 Å². The molecule has 0 spiro atoms. The van der Waals surface area contributed by atoms with Crippen molar-refractivity contribution < 1.29 is 13.2 Å². The molecule has 2 rings (SSSR count). The molecular formula is C13H13BrN2O3S2. The lowest BCUT2D eigenvalue weighted by Crippen LogP contribution is -2.21. The average Bonchev–Trinajstić information content (AvgIpc) is 2.92. The van der Waals surface area contributed by atoms with Crippen LogP contribution in [0.2, 0.25) is 0 Å². The van der Waals surface area contributed by atoms with Gasteiger partial charge in [0.25, 0.3) is 15.9 Å². The normalized spacial score (nSPS) is 11.1. The lowest BCUT2D eigenvalue weighted by atomic mass is 10.3. The van der Waals surface area contributed by atoms with Gasteiger partial charge < -0.3 is 5.32 Å². The number of carbonyl (C=O) groups is 1. The molecule has 1 amide bonds. The van der Waals surface area contributed by atoms with Gasteiger partial charge in [0.15, 0.2) is 0 Å². The average molecular weight is 389 g/mol. The van der Waals surface area contributed by atoms with E-state index in [2.05, 4.69) is 26.0 Å². The molecule has 2 aromatic rings. The van der Waals surface area contributed by atoms with E-state index in [1.165, 1.54) is 11.4 Å². The number of halogens is 1. The number of thiophene rings is 1. The predicted molar refractivity (Wildman–Crippen MR) is 87.3 cm³/mol. The fourth-order valence-corrected chi connectivity index (χ4v) is 4.07. The van der Waals surface area contributed by atoms with Gasteiger partial charge in [0.05, 0.1) is 9.77 Å². The second-order valence-corrected chi connectivity index (χ2v) is 7.63. The Hall–Kier alpha value is -1.38. The van der Waals surface area contributed by atoms with Crippen molar-refractivity contribution >= 4 is 48.9 Å². The van der Waals surface area contributed by atoms with Crippen LogP contribution in [-0.2, 0) is 10.0 Å². The predicted octanol–water partition coefficient (Wildman–Crippen LogP) is 3.06. The molecule has 0 atom stereocenters. The van der Waals surface area contributed by atoms with Gasteiger partial charge in [-0.3, -0.25) is 9.52 Å². The van der Waals surface area contributed by atoms with Crippen molar-refractivity contribution in [2.24, 2.45) is 0 Å². The molecule has 8 heteroatoms. The van der Waals surface area contributed by atoms with Gasteiger partial charge in [-0.1, -0.05) is 15.9 Å². The molecule has 1 heterocycles. The fraction of sp³-hybridized carbons (Fsp3) is 0.154. The van der Waals surface area contributed by atoms with Gasteiger partial charge in [0, 0.05) is 22.1 Å². The molecule has 1 aromatic carbocycles. The fourth-order valence-electron chi connectivity index (χ4n) is 1.56. The van der Waals surface area contributed by atoms with E-state index in [0.29, 0.717) is 17.1 Å². The first kappa shape index (κ1) is 16.0. The summed E-state index contributed by atoms with van der Waals surface area (Å²) in [4.78, 5) is 12.1. The summed E-state index contributed by atoms with van der Waals surface area (Å²) in [6.45, 7) is 2.30. The molecular weight excluding hydrogens is 376 g/mol. The number of sulfonamides is 1. The van der Waals surface area contributed by atoms with Crippen LogP contribution in [0.4, 0.5) is 5.69 Å². The van der Waals surface area contributed by atoms with Crippen molar-refractivity contribution in [2.45, 2.75) is 11.8 Å². The third-order valence-electron chi connectivity index (χ3n) is 2.54. The minimum Gasteiger partial charge on any atom is -0.352 e. The molecule has 0 aliphatic carbocycles. The molecule has 0 radical (unpaired) electrons. The van der Waals surface area contributed by atoms with E-state index in [1.54, 1.807) is 31.2 Å². The van der Waals surface area contributed by atoms with Gasteiger partial charge in [-0.25, -0.2) is 8.42 Å². The first-order valence-electron chi connectivity index (χ1n) is 6.07. The third kappa shape index (κ3) is 4.05. The molecule has 21 heavy (non-hydrogen) atoms. The topological polar surface area (TPSA) is 75.3 Å². The smallest absolute Gasteiger partial charge is 0.262 e. The highest BCUT2D eigenvalue weighted by molar-refractivity contribution is 9.10. The van der Waals surface area contributed by atoms with Crippen molar-refractivity contribution in [1.29, 1.82) is 0 Å². The summed E-state index contributed by atoms with van der Waals surface area (Å²) < 4.78 is 27.8. The van der Waals surface area contributed by atoms with E-state index in [-0.39, 0.29) is 10.8 Å². The van der Waals surface area contributed by atoms with Gasteiger partial charge in [-0.2, -0.15) is 0 Å². The Labute approximate surface area is 135 Å². The van der Waals surface area contributed by atoms with Gasteiger partial charge >= 0.3 is 0 Å². The highest BCUT2D eigenvalue weighted by Crippen LogP contribution is 2.23. The standard InChI is InChI=1S/C13H13BrN2O3S2/c1-2-15-13(17)12-7-11(8-20-12)21(18,19)16-10-5-3-9(14)4-6-10/h3-8,16H,2H2,1H3,(H,15,17). The Kier molecular flexibility index (Phi) is 5.02. The largest absolute Gasteiger partial charge is 0.352 e. The van der Waals surface area contributed by atoms with Gasteiger partial charge in [0.1, 0.15) is 0 Å². The van der Waals surface area contributed by atoms with E-state index in [9.17, 15) is 13.2 Å². The number of rotatable bonds is 5. The molecule has 0 unspecified atom stereocenters. The summed E-state index contributed by atoms with van der Waals surface area (Å²) in [5, 5.41) is 4.08. The second kappa shape index (κ2) is 6.59.